The van der Waals surface area contributed by atoms with Crippen LogP contribution in [0.3, 0.4) is 0 Å². The maximum Gasteiger partial charge on any atom is 0.239 e. The van der Waals surface area contributed by atoms with Crippen molar-refractivity contribution in [1.82, 2.24) is 10.6 Å². The molecule has 0 fully saturated rings. The van der Waals surface area contributed by atoms with E-state index in [1.807, 2.05) is 0 Å². The molecular formula is C4H3N3OS. The van der Waals surface area contributed by atoms with Gasteiger partial charge in [-0.25, -0.2) is 4.98 Å². The van der Waals surface area contributed by atoms with Gasteiger partial charge in [-0.1, -0.05) is 11.3 Å². The van der Waals surface area contributed by atoms with Crippen molar-refractivity contribution in [1.29, 1.82) is 0 Å². The van der Waals surface area contributed by atoms with Gasteiger partial charge in [0.05, 0.1) is 11.7 Å². The van der Waals surface area contributed by atoms with E-state index in [4.69, 9.17) is 4.84 Å². The molecule has 5 heteroatoms. The lowest BCUT2D eigenvalue weighted by atomic mass is 10.5. The van der Waals surface area contributed by atoms with Crippen molar-refractivity contribution in [3.05, 3.63) is 11.2 Å². The molecule has 1 aliphatic heterocycles. The molecule has 1 aromatic rings. The Bertz CT molecular complexity index is 244. The topological polar surface area (TPSA) is 46.5 Å². The van der Waals surface area contributed by atoms with Gasteiger partial charge in [0, 0.05) is 0 Å². The Morgan fingerprint density at radius 1 is 1.67 bits per heavy atom. The molecule has 0 bridgehead atoms. The lowest BCUT2D eigenvalue weighted by Crippen LogP contribution is -2.15. The summed E-state index contributed by atoms with van der Waals surface area (Å²) in [5, 5.41) is 4.41. The molecule has 9 heavy (non-hydrogen) atoms. The molecule has 0 atom stereocenters. The second-order valence-electron chi connectivity index (χ2n) is 1.48. The Morgan fingerprint density at radius 3 is 3.56 bits per heavy atom. The summed E-state index contributed by atoms with van der Waals surface area (Å²) in [7, 11) is 0. The number of aromatic nitrogens is 1. The van der Waals surface area contributed by atoms with Gasteiger partial charge in [-0.2, -0.15) is 5.10 Å². The first kappa shape index (κ1) is 4.75. The third-order valence-corrected chi connectivity index (χ3v) is 1.66. The third-order valence-electron chi connectivity index (χ3n) is 0.939. The molecule has 0 radical (unpaired) electrons. The molecule has 0 aromatic carbocycles. The Balaban J connectivity index is 2.53. The van der Waals surface area contributed by atoms with Crippen molar-refractivity contribution in [3.63, 3.8) is 0 Å². The zero-order chi connectivity index (χ0) is 6.10. The van der Waals surface area contributed by atoms with E-state index in [9.17, 15) is 0 Å². The van der Waals surface area contributed by atoms with Crippen LogP contribution in [0.2, 0.25) is 0 Å². The van der Waals surface area contributed by atoms with Crippen LogP contribution in [0.25, 0.3) is 0 Å². The van der Waals surface area contributed by atoms with E-state index >= 15 is 0 Å². The molecule has 1 aromatic heterocycles. The van der Waals surface area contributed by atoms with Crippen molar-refractivity contribution < 1.29 is 4.84 Å². The lowest BCUT2D eigenvalue weighted by Gasteiger charge is -2.03. The van der Waals surface area contributed by atoms with Crippen molar-refractivity contribution in [2.24, 2.45) is 5.10 Å². The molecule has 1 aliphatic rings. The first-order valence-electron chi connectivity index (χ1n) is 2.35. The van der Waals surface area contributed by atoms with Crippen LogP contribution >= 0.6 is 11.3 Å². The largest absolute Gasteiger partial charge is 0.352 e. The van der Waals surface area contributed by atoms with E-state index in [1.54, 1.807) is 11.7 Å². The average Bonchev–Trinajstić information content (AvgIpc) is 2.33. The number of hydrogen-bond donors (Lipinski definition) is 1. The number of nitrogens with one attached hydrogen (secondary N) is 1. The van der Waals surface area contributed by atoms with Crippen LogP contribution in [-0.4, -0.2) is 11.2 Å². The number of nitrogens with zero attached hydrogens (tertiary/aromatic N) is 2. The Hall–Kier alpha value is -1.10. The SMILES string of the molecule is C1=NNOc2scnc21. The maximum atomic E-state index is 4.87. The van der Waals surface area contributed by atoms with Crippen molar-refractivity contribution >= 4 is 17.6 Å². The summed E-state index contributed by atoms with van der Waals surface area (Å²) in [6.45, 7) is 0. The first-order valence-corrected chi connectivity index (χ1v) is 3.23. The molecule has 2 heterocycles. The number of hydrogen-bond acceptors (Lipinski definition) is 5. The predicted molar refractivity (Wildman–Crippen MR) is 33.5 cm³/mol. The van der Waals surface area contributed by atoms with Crippen molar-refractivity contribution in [2.75, 3.05) is 0 Å². The number of fused-ring (bicyclic) bond motifs is 1. The van der Waals surface area contributed by atoms with Crippen molar-refractivity contribution in [3.8, 4) is 5.06 Å². The minimum atomic E-state index is 0.769. The molecule has 0 amide bonds. The molecule has 0 spiro atoms. The standard InChI is InChI=1S/C4H3N3OS/c1-3-4(8-7-6-1)9-2-5-3/h1-2,7H. The average molecular weight is 141 g/mol. The molecule has 1 N–H and O–H groups in total. The lowest BCUT2D eigenvalue weighted by molar-refractivity contribution is 0.204. The second kappa shape index (κ2) is 1.70. The number of rotatable bonds is 0. The van der Waals surface area contributed by atoms with Gasteiger partial charge in [-0.3, -0.25) is 0 Å². The van der Waals surface area contributed by atoms with Gasteiger partial charge in [-0.05, 0) is 0 Å². The smallest absolute Gasteiger partial charge is 0.239 e. The van der Waals surface area contributed by atoms with Gasteiger partial charge < -0.3 is 4.84 Å². The Labute approximate surface area is 55.1 Å². The highest BCUT2D eigenvalue weighted by molar-refractivity contribution is 7.11. The van der Waals surface area contributed by atoms with Crippen LogP contribution in [0.1, 0.15) is 5.69 Å². The molecule has 0 unspecified atom stereocenters. The monoisotopic (exact) mass is 141 g/mol. The van der Waals surface area contributed by atoms with E-state index in [0.29, 0.717) is 0 Å². The van der Waals surface area contributed by atoms with Gasteiger partial charge >= 0.3 is 0 Å². The summed E-state index contributed by atoms with van der Waals surface area (Å²) in [4.78, 5) is 8.83. The van der Waals surface area contributed by atoms with Crippen LogP contribution < -0.4 is 10.4 Å². The van der Waals surface area contributed by atoms with Gasteiger partial charge in [-0.15, -0.1) is 5.59 Å². The van der Waals surface area contributed by atoms with Gasteiger partial charge in [0.1, 0.15) is 5.69 Å². The van der Waals surface area contributed by atoms with E-state index < -0.39 is 0 Å². The summed E-state index contributed by atoms with van der Waals surface area (Å²) in [5.74, 6) is 0. The predicted octanol–water partition coefficient (Wildman–Crippen LogP) is 0.374. The fourth-order valence-electron chi connectivity index (χ4n) is 0.562. The fourth-order valence-corrected chi connectivity index (χ4v) is 1.14. The first-order chi connectivity index (χ1) is 4.47. The zero-order valence-corrected chi connectivity index (χ0v) is 5.18. The highest BCUT2D eigenvalue weighted by atomic mass is 32.1. The summed E-state index contributed by atoms with van der Waals surface area (Å²) in [6.07, 6.45) is 1.62. The van der Waals surface area contributed by atoms with Crippen LogP contribution in [0.4, 0.5) is 0 Å². The molecule has 0 aliphatic carbocycles. The minimum Gasteiger partial charge on any atom is -0.352 e. The molecule has 46 valence electrons. The minimum absolute atomic E-state index is 0.769. The van der Waals surface area contributed by atoms with E-state index in [0.717, 1.165) is 10.8 Å². The van der Waals surface area contributed by atoms with Crippen LogP contribution in [0, 0.1) is 0 Å². The molecule has 0 saturated heterocycles. The number of thiazole rings is 1. The van der Waals surface area contributed by atoms with E-state index in [2.05, 4.69) is 15.7 Å². The molecule has 4 nitrogen and oxygen atoms in total. The quantitative estimate of drug-likeness (QED) is 0.568. The van der Waals surface area contributed by atoms with Crippen LogP contribution in [0.15, 0.2) is 10.6 Å². The molecule has 0 saturated carbocycles. The second-order valence-corrected chi connectivity index (χ2v) is 2.29. The van der Waals surface area contributed by atoms with Crippen molar-refractivity contribution in [2.45, 2.75) is 0 Å². The Morgan fingerprint density at radius 2 is 2.67 bits per heavy atom. The van der Waals surface area contributed by atoms with E-state index in [-0.39, 0.29) is 0 Å². The summed E-state index contributed by atoms with van der Waals surface area (Å²) >= 11 is 1.44. The number of hydrazone groups is 1. The summed E-state index contributed by atoms with van der Waals surface area (Å²) in [6, 6.07) is 0. The molecular weight excluding hydrogens is 138 g/mol. The highest BCUT2D eigenvalue weighted by Crippen LogP contribution is 2.21. The van der Waals surface area contributed by atoms with Gasteiger partial charge in [0.25, 0.3) is 0 Å². The summed E-state index contributed by atoms with van der Waals surface area (Å²) in [5.41, 5.74) is 4.87. The molecule has 2 rings (SSSR count). The summed E-state index contributed by atoms with van der Waals surface area (Å²) < 4.78 is 0. The third kappa shape index (κ3) is 0.655. The van der Waals surface area contributed by atoms with Crippen LogP contribution in [0.5, 0.6) is 5.06 Å². The van der Waals surface area contributed by atoms with Gasteiger partial charge in [0.15, 0.2) is 0 Å². The zero-order valence-electron chi connectivity index (χ0n) is 4.37. The maximum absolute atomic E-state index is 4.87. The van der Waals surface area contributed by atoms with E-state index in [1.165, 1.54) is 11.3 Å². The van der Waals surface area contributed by atoms with Crippen LogP contribution in [-0.2, 0) is 0 Å². The highest BCUT2D eigenvalue weighted by Gasteiger charge is 2.07. The Kier molecular flexibility index (Phi) is 0.895. The normalized spacial score (nSPS) is 13.8. The van der Waals surface area contributed by atoms with Gasteiger partial charge in [0.2, 0.25) is 5.06 Å². The fraction of sp³-hybridized carbons (Fsp3) is 0.